The van der Waals surface area contributed by atoms with Crippen molar-refractivity contribution in [2.45, 2.75) is 38.1 Å². The standard InChI is InChI=1S/C15H18ClNO3/c16-11-6-4-5-10(9-11)14(18)17-13-8-3-1-2-7-12(13)15(19)20/h4-6,9,12-13H,1-3,7-8H2,(H,17,18)(H,19,20). The molecule has 0 heterocycles. The van der Waals surface area contributed by atoms with E-state index in [0.29, 0.717) is 23.4 Å². The van der Waals surface area contributed by atoms with Gasteiger partial charge in [0, 0.05) is 16.6 Å². The minimum Gasteiger partial charge on any atom is -0.481 e. The summed E-state index contributed by atoms with van der Waals surface area (Å²) < 4.78 is 0. The lowest BCUT2D eigenvalue weighted by Gasteiger charge is -2.22. The highest BCUT2D eigenvalue weighted by molar-refractivity contribution is 6.30. The molecule has 108 valence electrons. The predicted octanol–water partition coefficient (Wildman–Crippen LogP) is 3.10. The molecule has 1 aliphatic carbocycles. The van der Waals surface area contributed by atoms with Crippen LogP contribution in [0.4, 0.5) is 0 Å². The van der Waals surface area contributed by atoms with Gasteiger partial charge >= 0.3 is 5.97 Å². The van der Waals surface area contributed by atoms with Gasteiger partial charge < -0.3 is 10.4 Å². The van der Waals surface area contributed by atoms with Crippen LogP contribution in [0, 0.1) is 5.92 Å². The molecule has 1 saturated carbocycles. The molecule has 5 heteroatoms. The van der Waals surface area contributed by atoms with Crippen LogP contribution < -0.4 is 5.32 Å². The van der Waals surface area contributed by atoms with Crippen LogP contribution in [0.5, 0.6) is 0 Å². The van der Waals surface area contributed by atoms with Crippen molar-refractivity contribution in [2.75, 3.05) is 0 Å². The maximum atomic E-state index is 12.2. The van der Waals surface area contributed by atoms with Gasteiger partial charge in [-0.1, -0.05) is 36.9 Å². The summed E-state index contributed by atoms with van der Waals surface area (Å²) in [5.74, 6) is -1.59. The molecule has 0 bridgehead atoms. The number of hydrogen-bond acceptors (Lipinski definition) is 2. The lowest BCUT2D eigenvalue weighted by atomic mass is 9.94. The summed E-state index contributed by atoms with van der Waals surface area (Å²) in [4.78, 5) is 23.5. The Bertz CT molecular complexity index is 504. The van der Waals surface area contributed by atoms with Crippen molar-refractivity contribution in [3.05, 3.63) is 34.9 Å². The van der Waals surface area contributed by atoms with E-state index < -0.39 is 11.9 Å². The van der Waals surface area contributed by atoms with Crippen LogP contribution in [0.25, 0.3) is 0 Å². The number of carbonyl (C=O) groups is 2. The Hall–Kier alpha value is -1.55. The SMILES string of the molecule is O=C(NC1CCCCCC1C(=O)O)c1cccc(Cl)c1. The summed E-state index contributed by atoms with van der Waals surface area (Å²) in [6, 6.07) is 6.36. The zero-order valence-electron chi connectivity index (χ0n) is 11.1. The summed E-state index contributed by atoms with van der Waals surface area (Å²) in [5, 5.41) is 12.6. The van der Waals surface area contributed by atoms with Gasteiger partial charge in [0.05, 0.1) is 5.92 Å². The van der Waals surface area contributed by atoms with Gasteiger partial charge in [0.15, 0.2) is 0 Å². The molecule has 20 heavy (non-hydrogen) atoms. The number of hydrogen-bond donors (Lipinski definition) is 2. The number of carboxylic acid groups (broad SMARTS) is 1. The molecule has 2 rings (SSSR count). The van der Waals surface area contributed by atoms with Crippen LogP contribution in [-0.4, -0.2) is 23.0 Å². The normalized spacial score (nSPS) is 22.9. The summed E-state index contributed by atoms with van der Waals surface area (Å²) in [7, 11) is 0. The quantitative estimate of drug-likeness (QED) is 0.842. The monoisotopic (exact) mass is 295 g/mol. The Morgan fingerprint density at radius 3 is 2.65 bits per heavy atom. The molecule has 2 N–H and O–H groups in total. The number of rotatable bonds is 3. The fourth-order valence-corrected chi connectivity index (χ4v) is 2.85. The maximum absolute atomic E-state index is 12.2. The first-order valence-electron chi connectivity index (χ1n) is 6.87. The number of nitrogens with one attached hydrogen (secondary N) is 1. The van der Waals surface area contributed by atoms with Gasteiger partial charge in [-0.3, -0.25) is 9.59 Å². The van der Waals surface area contributed by atoms with Gasteiger partial charge in [-0.2, -0.15) is 0 Å². The van der Waals surface area contributed by atoms with Crippen LogP contribution in [0.2, 0.25) is 5.02 Å². The minimum atomic E-state index is -0.830. The van der Waals surface area contributed by atoms with E-state index in [1.807, 2.05) is 0 Å². The molecule has 1 aromatic rings. The van der Waals surface area contributed by atoms with E-state index in [2.05, 4.69) is 5.32 Å². The summed E-state index contributed by atoms with van der Waals surface area (Å²) in [6.45, 7) is 0. The zero-order valence-corrected chi connectivity index (χ0v) is 11.9. The van der Waals surface area contributed by atoms with Gasteiger partial charge in [-0.25, -0.2) is 0 Å². The number of carboxylic acids is 1. The molecule has 1 aromatic carbocycles. The first kappa shape index (κ1) is 14.9. The maximum Gasteiger partial charge on any atom is 0.308 e. The van der Waals surface area contributed by atoms with Crippen molar-refractivity contribution in [2.24, 2.45) is 5.92 Å². The first-order valence-corrected chi connectivity index (χ1v) is 7.25. The van der Waals surface area contributed by atoms with E-state index in [0.717, 1.165) is 19.3 Å². The smallest absolute Gasteiger partial charge is 0.308 e. The second-order valence-electron chi connectivity index (χ2n) is 5.17. The van der Waals surface area contributed by atoms with Crippen molar-refractivity contribution in [3.8, 4) is 0 Å². The number of aliphatic carboxylic acids is 1. The van der Waals surface area contributed by atoms with Gasteiger partial charge in [-0.15, -0.1) is 0 Å². The fourth-order valence-electron chi connectivity index (χ4n) is 2.66. The highest BCUT2D eigenvalue weighted by atomic mass is 35.5. The van der Waals surface area contributed by atoms with Gasteiger partial charge in [-0.05, 0) is 31.0 Å². The predicted molar refractivity (Wildman–Crippen MR) is 76.9 cm³/mol. The van der Waals surface area contributed by atoms with Crippen LogP contribution in [0.3, 0.4) is 0 Å². The van der Waals surface area contributed by atoms with Crippen molar-refractivity contribution in [1.82, 2.24) is 5.32 Å². The zero-order chi connectivity index (χ0) is 14.5. The van der Waals surface area contributed by atoms with E-state index >= 15 is 0 Å². The molecule has 1 amide bonds. The van der Waals surface area contributed by atoms with Crippen LogP contribution >= 0.6 is 11.6 Å². The topological polar surface area (TPSA) is 66.4 Å². The van der Waals surface area contributed by atoms with Crippen LogP contribution in [0.15, 0.2) is 24.3 Å². The average Bonchev–Trinajstić information content (AvgIpc) is 2.64. The van der Waals surface area contributed by atoms with Gasteiger partial charge in [0.25, 0.3) is 5.91 Å². The summed E-state index contributed by atoms with van der Waals surface area (Å²) in [5.41, 5.74) is 0.464. The lowest BCUT2D eigenvalue weighted by Crippen LogP contribution is -2.42. The molecule has 4 nitrogen and oxygen atoms in total. The number of halogens is 1. The van der Waals surface area contributed by atoms with Crippen molar-refractivity contribution < 1.29 is 14.7 Å². The third-order valence-electron chi connectivity index (χ3n) is 3.74. The molecule has 1 fully saturated rings. The molecule has 2 unspecified atom stereocenters. The first-order chi connectivity index (χ1) is 9.58. The molecule has 1 aliphatic rings. The Balaban J connectivity index is 2.09. The van der Waals surface area contributed by atoms with Gasteiger partial charge in [0.1, 0.15) is 0 Å². The molecule has 2 atom stereocenters. The van der Waals surface area contributed by atoms with Crippen molar-refractivity contribution in [1.29, 1.82) is 0 Å². The molecule has 0 aliphatic heterocycles. The number of benzene rings is 1. The second kappa shape index (κ2) is 6.75. The summed E-state index contributed by atoms with van der Waals surface area (Å²) in [6.07, 6.45) is 4.21. The third kappa shape index (κ3) is 3.73. The Morgan fingerprint density at radius 2 is 1.95 bits per heavy atom. The average molecular weight is 296 g/mol. The minimum absolute atomic E-state index is 0.259. The van der Waals surface area contributed by atoms with Crippen LogP contribution in [-0.2, 0) is 4.79 Å². The highest BCUT2D eigenvalue weighted by Crippen LogP contribution is 2.24. The molecule has 0 spiro atoms. The lowest BCUT2D eigenvalue weighted by molar-refractivity contribution is -0.142. The molecule has 0 aromatic heterocycles. The highest BCUT2D eigenvalue weighted by Gasteiger charge is 2.30. The van der Waals surface area contributed by atoms with E-state index in [1.54, 1.807) is 24.3 Å². The Labute approximate surface area is 123 Å². The molecule has 0 radical (unpaired) electrons. The Morgan fingerprint density at radius 1 is 1.20 bits per heavy atom. The van der Waals surface area contributed by atoms with E-state index in [-0.39, 0.29) is 11.9 Å². The van der Waals surface area contributed by atoms with Crippen LogP contribution in [0.1, 0.15) is 42.5 Å². The van der Waals surface area contributed by atoms with E-state index in [9.17, 15) is 14.7 Å². The third-order valence-corrected chi connectivity index (χ3v) is 3.97. The van der Waals surface area contributed by atoms with Crippen molar-refractivity contribution in [3.63, 3.8) is 0 Å². The molecular weight excluding hydrogens is 278 g/mol. The Kier molecular flexibility index (Phi) is 5.01. The fraction of sp³-hybridized carbons (Fsp3) is 0.467. The largest absolute Gasteiger partial charge is 0.481 e. The van der Waals surface area contributed by atoms with E-state index in [1.165, 1.54) is 0 Å². The number of carbonyl (C=O) groups excluding carboxylic acids is 1. The number of amides is 1. The van der Waals surface area contributed by atoms with Gasteiger partial charge in [0.2, 0.25) is 0 Å². The molecular formula is C15H18ClNO3. The summed E-state index contributed by atoms with van der Waals surface area (Å²) >= 11 is 5.86. The van der Waals surface area contributed by atoms with Crippen molar-refractivity contribution >= 4 is 23.5 Å². The van der Waals surface area contributed by atoms with E-state index in [4.69, 9.17) is 11.6 Å². The molecule has 0 saturated heterocycles. The second-order valence-corrected chi connectivity index (χ2v) is 5.61.